The molecule has 0 unspecified atom stereocenters. The lowest BCUT2D eigenvalue weighted by atomic mass is 10.1. The summed E-state index contributed by atoms with van der Waals surface area (Å²) in [7, 11) is 0. The summed E-state index contributed by atoms with van der Waals surface area (Å²) >= 11 is 0. The SMILES string of the molecule is OCc1cc(OCc2ccccc2)cc(OCc2ccccc2)c1OCc1ccccc1. The molecule has 0 amide bonds. The predicted molar refractivity (Wildman–Crippen MR) is 125 cm³/mol. The van der Waals surface area contributed by atoms with Gasteiger partial charge in [0.05, 0.1) is 6.61 Å². The Labute approximate surface area is 188 Å². The van der Waals surface area contributed by atoms with Crippen molar-refractivity contribution >= 4 is 0 Å². The van der Waals surface area contributed by atoms with E-state index in [0.29, 0.717) is 42.6 Å². The van der Waals surface area contributed by atoms with Crippen molar-refractivity contribution in [1.29, 1.82) is 0 Å². The fourth-order valence-electron chi connectivity index (χ4n) is 3.31. The van der Waals surface area contributed by atoms with Crippen molar-refractivity contribution in [3.05, 3.63) is 125 Å². The number of hydrogen-bond acceptors (Lipinski definition) is 4. The van der Waals surface area contributed by atoms with E-state index in [-0.39, 0.29) is 6.61 Å². The van der Waals surface area contributed by atoms with E-state index in [2.05, 4.69) is 0 Å². The Bertz CT molecular complexity index is 1100. The number of benzene rings is 4. The van der Waals surface area contributed by atoms with Crippen molar-refractivity contribution in [3.8, 4) is 17.2 Å². The average molecular weight is 427 g/mol. The minimum atomic E-state index is -0.186. The van der Waals surface area contributed by atoms with Crippen LogP contribution in [-0.2, 0) is 26.4 Å². The third-order valence-electron chi connectivity index (χ3n) is 4.99. The molecule has 162 valence electrons. The summed E-state index contributed by atoms with van der Waals surface area (Å²) in [5.41, 5.74) is 3.77. The minimum Gasteiger partial charge on any atom is -0.489 e. The van der Waals surface area contributed by atoms with Gasteiger partial charge in [0.25, 0.3) is 0 Å². The van der Waals surface area contributed by atoms with E-state index in [1.165, 1.54) is 0 Å². The van der Waals surface area contributed by atoms with E-state index in [1.54, 1.807) is 6.07 Å². The highest BCUT2D eigenvalue weighted by Crippen LogP contribution is 2.37. The quantitative estimate of drug-likeness (QED) is 0.342. The van der Waals surface area contributed by atoms with Crippen LogP contribution in [0.4, 0.5) is 0 Å². The molecule has 0 spiro atoms. The summed E-state index contributed by atoms with van der Waals surface area (Å²) in [5.74, 6) is 1.69. The van der Waals surface area contributed by atoms with Crippen molar-refractivity contribution in [2.45, 2.75) is 26.4 Å². The molecule has 0 atom stereocenters. The normalized spacial score (nSPS) is 10.5. The van der Waals surface area contributed by atoms with E-state index in [1.807, 2.05) is 97.1 Å². The molecule has 4 heteroatoms. The molecule has 4 aromatic carbocycles. The third-order valence-corrected chi connectivity index (χ3v) is 4.99. The standard InChI is InChI=1S/C28H26O4/c29-18-25-16-26(30-19-22-10-4-1-5-11-22)17-27(31-20-23-12-6-2-7-13-23)28(25)32-21-24-14-8-3-9-15-24/h1-17,29H,18-21H2. The number of aliphatic hydroxyl groups excluding tert-OH is 1. The summed E-state index contributed by atoms with van der Waals surface area (Å²) in [4.78, 5) is 0. The van der Waals surface area contributed by atoms with E-state index in [0.717, 1.165) is 16.7 Å². The van der Waals surface area contributed by atoms with E-state index in [4.69, 9.17) is 14.2 Å². The highest BCUT2D eigenvalue weighted by atomic mass is 16.5. The first-order chi connectivity index (χ1) is 15.8. The fourth-order valence-corrected chi connectivity index (χ4v) is 3.31. The molecule has 0 heterocycles. The van der Waals surface area contributed by atoms with Gasteiger partial charge in [-0.25, -0.2) is 0 Å². The van der Waals surface area contributed by atoms with Crippen molar-refractivity contribution in [2.75, 3.05) is 0 Å². The second-order valence-electron chi connectivity index (χ2n) is 7.39. The molecule has 0 radical (unpaired) electrons. The lowest BCUT2D eigenvalue weighted by Gasteiger charge is -2.18. The van der Waals surface area contributed by atoms with Crippen molar-refractivity contribution in [2.24, 2.45) is 0 Å². The van der Waals surface area contributed by atoms with Gasteiger partial charge < -0.3 is 19.3 Å². The molecule has 4 rings (SSSR count). The lowest BCUT2D eigenvalue weighted by Crippen LogP contribution is -2.05. The molecule has 0 saturated carbocycles. The van der Waals surface area contributed by atoms with Gasteiger partial charge in [-0.3, -0.25) is 0 Å². The van der Waals surface area contributed by atoms with Gasteiger partial charge in [0.15, 0.2) is 11.5 Å². The van der Waals surface area contributed by atoms with Crippen LogP contribution in [0, 0.1) is 0 Å². The molecule has 1 N–H and O–H groups in total. The van der Waals surface area contributed by atoms with E-state index >= 15 is 0 Å². The molecule has 0 fully saturated rings. The van der Waals surface area contributed by atoms with Crippen molar-refractivity contribution in [1.82, 2.24) is 0 Å². The summed E-state index contributed by atoms with van der Waals surface area (Å²) in [6, 6.07) is 33.4. The van der Waals surface area contributed by atoms with Gasteiger partial charge in [0.1, 0.15) is 25.6 Å². The maximum atomic E-state index is 10.0. The molecule has 4 nitrogen and oxygen atoms in total. The first-order valence-corrected chi connectivity index (χ1v) is 10.6. The maximum Gasteiger partial charge on any atom is 0.167 e. The summed E-state index contributed by atoms with van der Waals surface area (Å²) in [5, 5.41) is 10.0. The zero-order chi connectivity index (χ0) is 22.0. The second-order valence-corrected chi connectivity index (χ2v) is 7.39. The zero-order valence-electron chi connectivity index (χ0n) is 17.8. The predicted octanol–water partition coefficient (Wildman–Crippen LogP) is 5.92. The molecule has 0 bridgehead atoms. The number of aliphatic hydroxyl groups is 1. The minimum absolute atomic E-state index is 0.186. The lowest BCUT2D eigenvalue weighted by molar-refractivity contribution is 0.232. The van der Waals surface area contributed by atoms with Crippen LogP contribution in [0.1, 0.15) is 22.3 Å². The molecule has 0 aliphatic rings. The third kappa shape index (κ3) is 5.90. The Kier molecular flexibility index (Phi) is 7.40. The van der Waals surface area contributed by atoms with Crippen LogP contribution in [0.5, 0.6) is 17.2 Å². The van der Waals surface area contributed by atoms with Gasteiger partial charge in [-0.15, -0.1) is 0 Å². The van der Waals surface area contributed by atoms with Crippen LogP contribution in [-0.4, -0.2) is 5.11 Å². The highest BCUT2D eigenvalue weighted by molar-refractivity contribution is 5.52. The summed E-state index contributed by atoms with van der Waals surface area (Å²) in [6.07, 6.45) is 0. The van der Waals surface area contributed by atoms with Gasteiger partial charge in [0.2, 0.25) is 0 Å². The van der Waals surface area contributed by atoms with E-state index < -0.39 is 0 Å². The first kappa shape index (κ1) is 21.5. The van der Waals surface area contributed by atoms with Crippen LogP contribution in [0.25, 0.3) is 0 Å². The fraction of sp³-hybridized carbons (Fsp3) is 0.143. The molecular weight excluding hydrogens is 400 g/mol. The van der Waals surface area contributed by atoms with Gasteiger partial charge in [-0.05, 0) is 22.8 Å². The van der Waals surface area contributed by atoms with E-state index in [9.17, 15) is 5.11 Å². The van der Waals surface area contributed by atoms with Crippen molar-refractivity contribution in [3.63, 3.8) is 0 Å². The summed E-state index contributed by atoms with van der Waals surface area (Å²) in [6.45, 7) is 0.998. The van der Waals surface area contributed by atoms with Crippen LogP contribution >= 0.6 is 0 Å². The van der Waals surface area contributed by atoms with Crippen molar-refractivity contribution < 1.29 is 19.3 Å². The van der Waals surface area contributed by atoms with Gasteiger partial charge in [-0.1, -0.05) is 91.0 Å². The number of hydrogen-bond donors (Lipinski definition) is 1. The number of rotatable bonds is 10. The number of ether oxygens (including phenoxy) is 3. The van der Waals surface area contributed by atoms with Crippen LogP contribution in [0.2, 0.25) is 0 Å². The Morgan fingerprint density at radius 3 is 1.50 bits per heavy atom. The first-order valence-electron chi connectivity index (χ1n) is 10.6. The smallest absolute Gasteiger partial charge is 0.167 e. The van der Waals surface area contributed by atoms with Crippen LogP contribution in [0.15, 0.2) is 103 Å². The van der Waals surface area contributed by atoms with Crippen LogP contribution < -0.4 is 14.2 Å². The zero-order valence-corrected chi connectivity index (χ0v) is 17.8. The molecule has 32 heavy (non-hydrogen) atoms. The molecule has 0 aliphatic carbocycles. The average Bonchev–Trinajstić information content (AvgIpc) is 2.87. The largest absolute Gasteiger partial charge is 0.489 e. The Balaban J connectivity index is 1.58. The van der Waals surface area contributed by atoms with Crippen LogP contribution in [0.3, 0.4) is 0 Å². The monoisotopic (exact) mass is 426 g/mol. The molecular formula is C28H26O4. The molecule has 0 saturated heterocycles. The van der Waals surface area contributed by atoms with Gasteiger partial charge >= 0.3 is 0 Å². The van der Waals surface area contributed by atoms with Gasteiger partial charge in [-0.2, -0.15) is 0 Å². The Morgan fingerprint density at radius 2 is 1.00 bits per heavy atom. The topological polar surface area (TPSA) is 47.9 Å². The highest BCUT2D eigenvalue weighted by Gasteiger charge is 2.15. The Hall–Kier alpha value is -3.76. The molecule has 0 aromatic heterocycles. The Morgan fingerprint density at radius 1 is 0.531 bits per heavy atom. The summed E-state index contributed by atoms with van der Waals surface area (Å²) < 4.78 is 18.2. The van der Waals surface area contributed by atoms with Gasteiger partial charge in [0, 0.05) is 11.6 Å². The molecule has 4 aromatic rings. The molecule has 0 aliphatic heterocycles. The second kappa shape index (κ2) is 11.0. The maximum absolute atomic E-state index is 10.0.